The highest BCUT2D eigenvalue weighted by atomic mass is 16.4. The smallest absolute Gasteiger partial charge is 0.423 e. The fourth-order valence-electron chi connectivity index (χ4n) is 1.42. The molecule has 0 amide bonds. The summed E-state index contributed by atoms with van der Waals surface area (Å²) in [6.07, 6.45) is 0. The van der Waals surface area contributed by atoms with Gasteiger partial charge in [0.1, 0.15) is 0 Å². The van der Waals surface area contributed by atoms with Gasteiger partial charge < -0.3 is 10.0 Å². The zero-order valence-electron chi connectivity index (χ0n) is 7.57. The third kappa shape index (κ3) is 1.89. The normalized spacial score (nSPS) is 9.46. The quantitative estimate of drug-likeness (QED) is 0.483. The van der Waals surface area contributed by atoms with Crippen LogP contribution in [0.15, 0.2) is 12.1 Å². The molecule has 0 atom stereocenters. The SMILES string of the molecule is [C-]#[N+]c1cc(C)c(B(O)O)c(C)c1. The minimum atomic E-state index is -1.46. The topological polar surface area (TPSA) is 44.8 Å². The van der Waals surface area contributed by atoms with Crippen LogP contribution in [-0.4, -0.2) is 17.2 Å². The van der Waals surface area contributed by atoms with Crippen molar-refractivity contribution in [2.75, 3.05) is 0 Å². The summed E-state index contributed by atoms with van der Waals surface area (Å²) in [6.45, 7) is 10.3. The number of aryl methyl sites for hydroxylation is 2. The highest BCUT2D eigenvalue weighted by Crippen LogP contribution is 2.15. The molecule has 3 nitrogen and oxygen atoms in total. The molecule has 0 unspecified atom stereocenters. The molecule has 0 radical (unpaired) electrons. The van der Waals surface area contributed by atoms with Crippen LogP contribution in [0.25, 0.3) is 4.85 Å². The number of rotatable bonds is 1. The Morgan fingerprint density at radius 1 is 1.23 bits per heavy atom. The number of benzene rings is 1. The van der Waals surface area contributed by atoms with Crippen LogP contribution in [-0.2, 0) is 0 Å². The van der Waals surface area contributed by atoms with Gasteiger partial charge in [0.05, 0.1) is 6.57 Å². The Hall–Kier alpha value is -1.31. The summed E-state index contributed by atoms with van der Waals surface area (Å²) in [7, 11) is -1.46. The van der Waals surface area contributed by atoms with Crippen LogP contribution < -0.4 is 5.46 Å². The van der Waals surface area contributed by atoms with Crippen molar-refractivity contribution in [1.82, 2.24) is 0 Å². The van der Waals surface area contributed by atoms with Crippen LogP contribution in [0.2, 0.25) is 0 Å². The zero-order chi connectivity index (χ0) is 10.0. The van der Waals surface area contributed by atoms with E-state index in [0.717, 1.165) is 11.1 Å². The summed E-state index contributed by atoms with van der Waals surface area (Å²) in [5.74, 6) is 0. The molecular weight excluding hydrogens is 165 g/mol. The Bertz CT molecular complexity index is 345. The van der Waals surface area contributed by atoms with E-state index < -0.39 is 7.12 Å². The van der Waals surface area contributed by atoms with Crippen molar-refractivity contribution in [3.8, 4) is 0 Å². The zero-order valence-corrected chi connectivity index (χ0v) is 7.57. The van der Waals surface area contributed by atoms with Gasteiger partial charge in [0.25, 0.3) is 0 Å². The second kappa shape index (κ2) is 3.61. The standard InChI is InChI=1S/C9H10BNO2/c1-6-4-8(11-3)5-7(2)9(6)10(12)13/h4-5,12-13H,1-2H3. The molecule has 1 aromatic carbocycles. The molecule has 66 valence electrons. The van der Waals surface area contributed by atoms with E-state index in [0.29, 0.717) is 11.2 Å². The lowest BCUT2D eigenvalue weighted by molar-refractivity contribution is 0.425. The molecule has 0 aliphatic rings. The van der Waals surface area contributed by atoms with Crippen molar-refractivity contribution < 1.29 is 10.0 Å². The van der Waals surface area contributed by atoms with Crippen LogP contribution in [0, 0.1) is 20.4 Å². The molecule has 0 aromatic heterocycles. The third-order valence-corrected chi connectivity index (χ3v) is 1.97. The fourth-order valence-corrected chi connectivity index (χ4v) is 1.42. The maximum Gasteiger partial charge on any atom is 0.488 e. The first-order valence-corrected chi connectivity index (χ1v) is 3.91. The molecule has 0 spiro atoms. The van der Waals surface area contributed by atoms with Gasteiger partial charge in [-0.15, -0.1) is 0 Å². The summed E-state index contributed by atoms with van der Waals surface area (Å²) in [6, 6.07) is 3.30. The van der Waals surface area contributed by atoms with Gasteiger partial charge in [-0.1, -0.05) is 23.3 Å². The molecule has 0 heterocycles. The van der Waals surface area contributed by atoms with E-state index in [-0.39, 0.29) is 0 Å². The molecule has 2 N–H and O–H groups in total. The lowest BCUT2D eigenvalue weighted by Crippen LogP contribution is -2.34. The Labute approximate surface area is 77.6 Å². The largest absolute Gasteiger partial charge is 0.488 e. The molecule has 0 bridgehead atoms. The Balaban J connectivity index is 3.33. The number of nitrogens with zero attached hydrogens (tertiary/aromatic N) is 1. The Morgan fingerprint density at radius 3 is 2.00 bits per heavy atom. The van der Waals surface area contributed by atoms with Gasteiger partial charge in [0.15, 0.2) is 5.69 Å². The van der Waals surface area contributed by atoms with E-state index in [4.69, 9.17) is 16.6 Å². The van der Waals surface area contributed by atoms with Crippen molar-refractivity contribution in [1.29, 1.82) is 0 Å². The van der Waals surface area contributed by atoms with Gasteiger partial charge in [-0.3, -0.25) is 0 Å². The Kier molecular flexibility index (Phi) is 2.71. The Morgan fingerprint density at radius 2 is 1.69 bits per heavy atom. The number of hydrogen-bond donors (Lipinski definition) is 2. The summed E-state index contributed by atoms with van der Waals surface area (Å²) in [4.78, 5) is 3.28. The minimum absolute atomic E-state index is 0.493. The molecule has 0 saturated heterocycles. The molecule has 1 rings (SSSR count). The first-order valence-electron chi connectivity index (χ1n) is 3.91. The molecule has 4 heteroatoms. The number of hydrogen-bond acceptors (Lipinski definition) is 2. The van der Waals surface area contributed by atoms with Crippen molar-refractivity contribution in [3.05, 3.63) is 34.7 Å². The van der Waals surface area contributed by atoms with Crippen LogP contribution >= 0.6 is 0 Å². The lowest BCUT2D eigenvalue weighted by Gasteiger charge is -2.08. The van der Waals surface area contributed by atoms with Gasteiger partial charge in [-0.05, 0) is 19.3 Å². The molecule has 13 heavy (non-hydrogen) atoms. The third-order valence-electron chi connectivity index (χ3n) is 1.97. The fraction of sp³-hybridized carbons (Fsp3) is 0.222. The minimum Gasteiger partial charge on any atom is -0.423 e. The second-order valence-electron chi connectivity index (χ2n) is 2.98. The van der Waals surface area contributed by atoms with Gasteiger partial charge in [0.2, 0.25) is 0 Å². The van der Waals surface area contributed by atoms with Crippen LogP contribution in [0.3, 0.4) is 0 Å². The predicted molar refractivity (Wildman–Crippen MR) is 52.0 cm³/mol. The van der Waals surface area contributed by atoms with Crippen molar-refractivity contribution in [3.63, 3.8) is 0 Å². The van der Waals surface area contributed by atoms with E-state index in [9.17, 15) is 0 Å². The molecule has 0 aliphatic carbocycles. The highest BCUT2D eigenvalue weighted by Gasteiger charge is 2.16. The van der Waals surface area contributed by atoms with Crippen LogP contribution in [0.4, 0.5) is 5.69 Å². The predicted octanol–water partition coefficient (Wildman–Crippen LogP) is 0.534. The first-order chi connectivity index (χ1) is 6.06. The van der Waals surface area contributed by atoms with Gasteiger partial charge in [0, 0.05) is 0 Å². The molecule has 0 aliphatic heterocycles. The summed E-state index contributed by atoms with van der Waals surface area (Å²) >= 11 is 0. The van der Waals surface area contributed by atoms with Crippen LogP contribution in [0.5, 0.6) is 0 Å². The van der Waals surface area contributed by atoms with Gasteiger partial charge >= 0.3 is 7.12 Å². The molecule has 0 saturated carbocycles. The van der Waals surface area contributed by atoms with Crippen molar-refractivity contribution in [2.24, 2.45) is 0 Å². The van der Waals surface area contributed by atoms with Crippen molar-refractivity contribution >= 4 is 18.3 Å². The summed E-state index contributed by atoms with van der Waals surface area (Å²) in [5, 5.41) is 18.1. The maximum atomic E-state index is 9.03. The first kappa shape index (κ1) is 9.78. The average molecular weight is 175 g/mol. The van der Waals surface area contributed by atoms with Gasteiger partial charge in [-0.25, -0.2) is 4.85 Å². The second-order valence-corrected chi connectivity index (χ2v) is 2.98. The lowest BCUT2D eigenvalue weighted by atomic mass is 9.74. The van der Waals surface area contributed by atoms with E-state index in [1.165, 1.54) is 0 Å². The monoisotopic (exact) mass is 175 g/mol. The molecule has 0 fully saturated rings. The van der Waals surface area contributed by atoms with E-state index in [1.807, 2.05) is 0 Å². The molecular formula is C9H10BNO2. The maximum absolute atomic E-state index is 9.03. The van der Waals surface area contributed by atoms with E-state index >= 15 is 0 Å². The van der Waals surface area contributed by atoms with Crippen molar-refractivity contribution in [2.45, 2.75) is 13.8 Å². The van der Waals surface area contributed by atoms with E-state index in [1.54, 1.807) is 26.0 Å². The summed E-state index contributed by atoms with van der Waals surface area (Å²) < 4.78 is 0. The average Bonchev–Trinajstić information content (AvgIpc) is 2.02. The van der Waals surface area contributed by atoms with Crippen LogP contribution in [0.1, 0.15) is 11.1 Å². The highest BCUT2D eigenvalue weighted by molar-refractivity contribution is 6.59. The van der Waals surface area contributed by atoms with Gasteiger partial charge in [-0.2, -0.15) is 0 Å². The van der Waals surface area contributed by atoms with E-state index in [2.05, 4.69) is 4.85 Å². The molecule has 1 aromatic rings. The summed E-state index contributed by atoms with van der Waals surface area (Å²) in [5.41, 5.74) is 2.49.